The topological polar surface area (TPSA) is 157 Å². The molecule has 2 aliphatic heterocycles. The largest absolute Gasteiger partial charge is 0.444 e. The van der Waals surface area contributed by atoms with Crippen molar-refractivity contribution in [1.82, 2.24) is 30.5 Å². The van der Waals surface area contributed by atoms with E-state index in [-0.39, 0.29) is 18.5 Å². The molecule has 3 heterocycles. The maximum Gasteiger partial charge on any atom is 0.437 e. The Kier molecular flexibility index (Phi) is 13.8. The number of fused-ring (bicyclic) bond motifs is 2. The zero-order chi connectivity index (χ0) is 35.8. The molecule has 0 spiro atoms. The number of piperidine rings is 1. The first-order valence-electron chi connectivity index (χ1n) is 18.6. The predicted octanol–water partition coefficient (Wildman–Crippen LogP) is 7.30. The lowest BCUT2D eigenvalue weighted by molar-refractivity contribution is -0.172. The van der Waals surface area contributed by atoms with E-state index >= 15 is 0 Å². The Morgan fingerprint density at radius 1 is 0.939 bits per heavy atom. The smallest absolute Gasteiger partial charge is 0.437 e. The van der Waals surface area contributed by atoms with E-state index in [0.29, 0.717) is 37.6 Å². The monoisotopic (exact) mass is 712 g/mol. The number of aromatic nitrogens is 2. The Morgan fingerprint density at radius 2 is 1.61 bits per heavy atom. The highest BCUT2D eigenvalue weighted by Gasteiger charge is 2.50. The molecule has 3 amide bonds. The van der Waals surface area contributed by atoms with Crippen molar-refractivity contribution in [2.45, 2.75) is 180 Å². The zero-order valence-electron chi connectivity index (χ0n) is 30.7. The number of hydrogen-bond acceptors (Lipinski definition) is 11. The summed E-state index contributed by atoms with van der Waals surface area (Å²) in [6.45, 7) is 14.7. The summed E-state index contributed by atoms with van der Waals surface area (Å²) >= 11 is 0. The van der Waals surface area contributed by atoms with Gasteiger partial charge in [-0.15, -0.1) is 14.5 Å². The number of urea groups is 1. The maximum absolute atomic E-state index is 13.6. The van der Waals surface area contributed by atoms with Crippen LogP contribution in [-0.4, -0.2) is 82.1 Å². The van der Waals surface area contributed by atoms with Gasteiger partial charge >= 0.3 is 22.5 Å². The fourth-order valence-corrected chi connectivity index (χ4v) is 8.31. The minimum Gasteiger partial charge on any atom is -0.444 e. The summed E-state index contributed by atoms with van der Waals surface area (Å²) in [6, 6.07) is -1.59. The van der Waals surface area contributed by atoms with Crippen LogP contribution >= 0.6 is 0 Å². The van der Waals surface area contributed by atoms with Gasteiger partial charge in [0.2, 0.25) is 11.8 Å². The molecule has 1 aliphatic carbocycles. The third-order valence-electron chi connectivity index (χ3n) is 9.87. The van der Waals surface area contributed by atoms with Crippen LogP contribution in [0, 0.1) is 0 Å². The molecule has 1 unspecified atom stereocenters. The van der Waals surface area contributed by atoms with Crippen LogP contribution in [-0.2, 0) is 23.7 Å². The third kappa shape index (κ3) is 10.3. The lowest BCUT2D eigenvalue weighted by Gasteiger charge is -2.43. The molecule has 0 aromatic carbocycles. The van der Waals surface area contributed by atoms with Gasteiger partial charge in [-0.1, -0.05) is 66.2 Å². The van der Waals surface area contributed by atoms with Crippen molar-refractivity contribution in [2.24, 2.45) is 0 Å². The molecule has 1 aromatic heterocycles. The molecule has 1 N–H and O–H groups in total. The molecule has 4 rings (SSSR count). The summed E-state index contributed by atoms with van der Waals surface area (Å²) < 4.78 is 50.0. The van der Waals surface area contributed by atoms with Gasteiger partial charge < -0.3 is 19.4 Å². The van der Waals surface area contributed by atoms with E-state index < -0.39 is 45.7 Å². The first kappa shape index (κ1) is 39.3. The molecule has 3 fully saturated rings. The SMILES string of the molecule is CCCCN(OS(=O)(=O)ON1C(=O)N2C[C@@H]1CC[C@H]2c1nnc(C2CC[C@H](NC(=O)OC(C)(C)C)C2)o1)C(CCC)(CCCC)CCCC. The standard InChI is InChI=1S/C34H60N6O8S/c1-8-12-20-34(19-11-4,21-13-9-2)39(22-14-10-3)47-49(43,44)48-40-27-17-18-28(38(24-27)32(40)42)30-37-36-29(45-30)25-15-16-26(23-25)35-31(41)46-33(5,6)7/h25-28H,8-24H2,1-7H3,(H,35,41)/t25?,26-,27-,28-/m0/s1. The van der Waals surface area contributed by atoms with E-state index in [1.165, 1.54) is 0 Å². The number of alkyl carbamates (subject to hydrolysis) is 1. The molecule has 15 heteroatoms. The summed E-state index contributed by atoms with van der Waals surface area (Å²) in [6.07, 6.45) is 11.6. The molecule has 2 saturated heterocycles. The predicted molar refractivity (Wildman–Crippen MR) is 183 cm³/mol. The van der Waals surface area contributed by atoms with E-state index in [1.54, 1.807) is 9.96 Å². The second-order valence-electron chi connectivity index (χ2n) is 15.0. The number of carbonyl (C=O) groups excluding carboxylic acids is 2. The van der Waals surface area contributed by atoms with Crippen LogP contribution in [0.3, 0.4) is 0 Å². The van der Waals surface area contributed by atoms with Gasteiger partial charge in [0.15, 0.2) is 0 Å². The van der Waals surface area contributed by atoms with Gasteiger partial charge in [-0.05, 0) is 78.6 Å². The van der Waals surface area contributed by atoms with Crippen molar-refractivity contribution in [3.05, 3.63) is 11.8 Å². The number of ether oxygens (including phenoxy) is 1. The molecule has 14 nitrogen and oxygen atoms in total. The van der Waals surface area contributed by atoms with E-state index in [2.05, 4.69) is 43.2 Å². The van der Waals surface area contributed by atoms with Crippen LogP contribution in [0.5, 0.6) is 0 Å². The van der Waals surface area contributed by atoms with Crippen molar-refractivity contribution < 1.29 is 35.7 Å². The summed E-state index contributed by atoms with van der Waals surface area (Å²) in [5, 5.41) is 14.1. The Bertz CT molecular complexity index is 1330. The summed E-state index contributed by atoms with van der Waals surface area (Å²) in [5.74, 6) is 0.752. The van der Waals surface area contributed by atoms with Crippen molar-refractivity contribution in [3.63, 3.8) is 0 Å². The van der Waals surface area contributed by atoms with Crippen LogP contribution < -0.4 is 5.32 Å². The third-order valence-corrected chi connectivity index (χ3v) is 10.6. The Hall–Kier alpha value is -2.49. The van der Waals surface area contributed by atoms with Crippen LogP contribution in [0.1, 0.15) is 169 Å². The van der Waals surface area contributed by atoms with Crippen LogP contribution in [0.25, 0.3) is 0 Å². The van der Waals surface area contributed by atoms with Gasteiger partial charge in [0.05, 0.1) is 6.04 Å². The van der Waals surface area contributed by atoms with Gasteiger partial charge in [-0.2, -0.15) is 22.8 Å². The summed E-state index contributed by atoms with van der Waals surface area (Å²) in [4.78, 5) is 27.4. The van der Waals surface area contributed by atoms with E-state index in [0.717, 1.165) is 82.1 Å². The number of rotatable bonds is 19. The second-order valence-corrected chi connectivity index (χ2v) is 16.1. The average molecular weight is 713 g/mol. The van der Waals surface area contributed by atoms with Gasteiger partial charge in [-0.3, -0.25) is 0 Å². The number of hydrogen-bond donors (Lipinski definition) is 1. The molecule has 280 valence electrons. The molecule has 3 aliphatic rings. The maximum atomic E-state index is 13.6. The summed E-state index contributed by atoms with van der Waals surface area (Å²) in [5.41, 5.74) is -1.02. The number of nitrogens with zero attached hydrogens (tertiary/aromatic N) is 5. The highest BCUT2D eigenvalue weighted by Crippen LogP contribution is 2.41. The number of nitrogens with one attached hydrogen (secondary N) is 1. The minimum absolute atomic E-state index is 0.0286. The minimum atomic E-state index is -4.62. The second kappa shape index (κ2) is 17.1. The highest BCUT2D eigenvalue weighted by molar-refractivity contribution is 7.81. The molecular weight excluding hydrogens is 652 g/mol. The van der Waals surface area contributed by atoms with Crippen molar-refractivity contribution in [2.75, 3.05) is 13.1 Å². The lowest BCUT2D eigenvalue weighted by Crippen LogP contribution is -2.51. The van der Waals surface area contributed by atoms with Crippen LogP contribution in [0.2, 0.25) is 0 Å². The lowest BCUT2D eigenvalue weighted by atomic mass is 9.82. The first-order valence-corrected chi connectivity index (χ1v) is 19.9. The molecule has 49 heavy (non-hydrogen) atoms. The van der Waals surface area contributed by atoms with Crippen molar-refractivity contribution >= 4 is 22.5 Å². The van der Waals surface area contributed by atoms with E-state index in [4.69, 9.17) is 17.7 Å². The fourth-order valence-electron chi connectivity index (χ4n) is 7.45. The number of hydroxylamine groups is 4. The number of amides is 3. The zero-order valence-corrected chi connectivity index (χ0v) is 31.6. The normalized spacial score (nSPS) is 23.1. The van der Waals surface area contributed by atoms with Crippen LogP contribution in [0.4, 0.5) is 9.59 Å². The Labute approximate surface area is 293 Å². The van der Waals surface area contributed by atoms with Crippen molar-refractivity contribution in [3.8, 4) is 0 Å². The van der Waals surface area contributed by atoms with Crippen molar-refractivity contribution in [1.29, 1.82) is 0 Å². The number of unbranched alkanes of at least 4 members (excludes halogenated alkanes) is 3. The molecular formula is C34H60N6O8S. The van der Waals surface area contributed by atoms with Gasteiger partial charge in [0, 0.05) is 30.6 Å². The number of carbonyl (C=O) groups is 2. The molecule has 2 bridgehead atoms. The fraction of sp³-hybridized carbons (Fsp3) is 0.882. The van der Waals surface area contributed by atoms with Gasteiger partial charge in [0.1, 0.15) is 11.6 Å². The molecule has 0 radical (unpaired) electrons. The van der Waals surface area contributed by atoms with Gasteiger partial charge in [0.25, 0.3) is 0 Å². The summed E-state index contributed by atoms with van der Waals surface area (Å²) in [7, 11) is -4.62. The quantitative estimate of drug-likeness (QED) is 0.144. The Balaban J connectivity index is 1.42. The highest BCUT2D eigenvalue weighted by atomic mass is 32.3. The van der Waals surface area contributed by atoms with E-state index in [9.17, 15) is 18.0 Å². The molecule has 1 saturated carbocycles. The molecule has 4 atom stereocenters. The van der Waals surface area contributed by atoms with E-state index in [1.807, 2.05) is 20.8 Å². The van der Waals surface area contributed by atoms with Crippen LogP contribution in [0.15, 0.2) is 4.42 Å². The van der Waals surface area contributed by atoms with Gasteiger partial charge in [-0.25, -0.2) is 9.59 Å². The Morgan fingerprint density at radius 3 is 2.24 bits per heavy atom. The average Bonchev–Trinajstić information content (AvgIpc) is 3.76. The first-order chi connectivity index (χ1) is 23.2. The molecule has 1 aromatic rings.